The van der Waals surface area contributed by atoms with E-state index in [1.807, 2.05) is 0 Å². The van der Waals surface area contributed by atoms with E-state index < -0.39 is 0 Å². The van der Waals surface area contributed by atoms with Gasteiger partial charge in [0.15, 0.2) is 0 Å². The van der Waals surface area contributed by atoms with Crippen molar-refractivity contribution >= 4 is 9.52 Å². The van der Waals surface area contributed by atoms with E-state index in [0.717, 1.165) is 35.1 Å². The summed E-state index contributed by atoms with van der Waals surface area (Å²) in [6, 6.07) is 1.37. The number of hydrogen-bond donors (Lipinski definition) is 0. The van der Waals surface area contributed by atoms with E-state index in [2.05, 4.69) is 31.7 Å². The molecule has 0 unspecified atom stereocenters. The molecule has 3 aliphatic carbocycles. The van der Waals surface area contributed by atoms with Crippen LogP contribution in [0.15, 0.2) is 24.8 Å². The largest absolute Gasteiger partial charge is 0.103 e. The summed E-state index contributed by atoms with van der Waals surface area (Å²) in [6.45, 7) is 6.18. The predicted molar refractivity (Wildman–Crippen MR) is 124 cm³/mol. The molecule has 3 rings (SSSR count). The summed E-state index contributed by atoms with van der Waals surface area (Å²) in [7, 11) is 0.159. The Kier molecular flexibility index (Phi) is 9.23. The quantitative estimate of drug-likeness (QED) is 0.296. The molecule has 0 spiro atoms. The Morgan fingerprint density at radius 3 is 1.67 bits per heavy atom. The van der Waals surface area contributed by atoms with E-state index in [0.29, 0.717) is 0 Å². The zero-order chi connectivity index (χ0) is 18.9. The van der Waals surface area contributed by atoms with Crippen molar-refractivity contribution in [1.82, 2.24) is 0 Å². The first-order valence-corrected chi connectivity index (χ1v) is 14.4. The zero-order valence-electron chi connectivity index (χ0n) is 18.2. The third-order valence-electron chi connectivity index (χ3n) is 8.58. The maximum atomic E-state index is 3.93. The van der Waals surface area contributed by atoms with Crippen LogP contribution in [-0.4, -0.2) is 9.52 Å². The average Bonchev–Trinajstić information content (AvgIpc) is 2.73. The van der Waals surface area contributed by atoms with Crippen molar-refractivity contribution in [3.05, 3.63) is 24.8 Å². The van der Waals surface area contributed by atoms with Crippen molar-refractivity contribution in [1.29, 1.82) is 0 Å². The van der Waals surface area contributed by atoms with E-state index in [1.54, 1.807) is 64.2 Å². The summed E-state index contributed by atoms with van der Waals surface area (Å²) in [5, 5.41) is 0. The number of allylic oxidation sites excluding steroid dienone is 3. The lowest BCUT2D eigenvalue weighted by molar-refractivity contribution is 0.113. The van der Waals surface area contributed by atoms with Crippen molar-refractivity contribution in [2.75, 3.05) is 0 Å². The highest BCUT2D eigenvalue weighted by Gasteiger charge is 2.34. The molecule has 0 aromatic heterocycles. The fraction of sp³-hybridized carbons (Fsp3) is 0.846. The molecule has 0 N–H and O–H groups in total. The van der Waals surface area contributed by atoms with E-state index in [1.165, 1.54) is 31.7 Å². The average molecular weight is 387 g/mol. The van der Waals surface area contributed by atoms with Crippen LogP contribution >= 0.6 is 0 Å². The number of hydrogen-bond acceptors (Lipinski definition) is 0. The third kappa shape index (κ3) is 6.62. The van der Waals surface area contributed by atoms with Gasteiger partial charge in [0.05, 0.1) is 0 Å². The van der Waals surface area contributed by atoms with Gasteiger partial charge in [0, 0.05) is 9.52 Å². The van der Waals surface area contributed by atoms with Crippen LogP contribution in [-0.2, 0) is 0 Å². The third-order valence-corrected chi connectivity index (χ3v) is 11.0. The van der Waals surface area contributed by atoms with Crippen molar-refractivity contribution in [3.8, 4) is 0 Å². The van der Waals surface area contributed by atoms with Crippen molar-refractivity contribution < 1.29 is 0 Å². The zero-order valence-corrected chi connectivity index (χ0v) is 19.6. The second kappa shape index (κ2) is 11.6. The molecule has 0 nitrogen and oxygen atoms in total. The molecule has 0 heterocycles. The molecule has 0 radical (unpaired) electrons. The van der Waals surface area contributed by atoms with Crippen LogP contribution in [0.2, 0.25) is 11.6 Å². The lowest BCUT2D eigenvalue weighted by Gasteiger charge is -2.41. The molecule has 0 aromatic carbocycles. The van der Waals surface area contributed by atoms with Crippen LogP contribution in [0.4, 0.5) is 0 Å². The van der Waals surface area contributed by atoms with Crippen LogP contribution in [0.3, 0.4) is 0 Å². The Labute approximate surface area is 172 Å². The minimum Gasteiger partial charge on any atom is -0.103 e. The smallest absolute Gasteiger partial charge is 0.0272 e. The van der Waals surface area contributed by atoms with Gasteiger partial charge in [0.2, 0.25) is 0 Å². The van der Waals surface area contributed by atoms with Crippen LogP contribution in [0.1, 0.15) is 96.8 Å². The summed E-state index contributed by atoms with van der Waals surface area (Å²) in [4.78, 5) is 0. The molecule has 3 aliphatic rings. The van der Waals surface area contributed by atoms with Gasteiger partial charge in [-0.25, -0.2) is 0 Å². The first-order chi connectivity index (χ1) is 13.3. The van der Waals surface area contributed by atoms with Crippen LogP contribution in [0, 0.1) is 29.6 Å². The van der Waals surface area contributed by atoms with Gasteiger partial charge < -0.3 is 0 Å². The Balaban J connectivity index is 1.33. The summed E-state index contributed by atoms with van der Waals surface area (Å²) >= 11 is 0. The molecule has 27 heavy (non-hydrogen) atoms. The second-order valence-electron chi connectivity index (χ2n) is 10.2. The SMILES string of the molecule is C=CC[SiH2][C@H]1CC[C@H](C2CCC(C3CCC(C/C=C/CC)CC3)CC2)CC1. The molecule has 1 heteroatoms. The fourth-order valence-electron chi connectivity index (χ4n) is 6.74. The van der Waals surface area contributed by atoms with Gasteiger partial charge in [-0.05, 0) is 99.8 Å². The van der Waals surface area contributed by atoms with Gasteiger partial charge in [-0.1, -0.05) is 56.4 Å². The first-order valence-electron chi connectivity index (χ1n) is 12.6. The van der Waals surface area contributed by atoms with Gasteiger partial charge in [0.25, 0.3) is 0 Å². The standard InChI is InChI=1S/C26H46Si/c1-3-5-6-7-21-8-10-22(11-9-21)23-12-14-24(15-13-23)25-16-18-26(19-17-25)27-20-4-2/h4-6,21-26H,2-3,7-20,27H2,1H3/b6-5+/t21?,22?,23?,24?,25-,26-. The van der Waals surface area contributed by atoms with Gasteiger partial charge in [-0.2, -0.15) is 0 Å². The van der Waals surface area contributed by atoms with E-state index in [-0.39, 0.29) is 9.52 Å². The summed E-state index contributed by atoms with van der Waals surface area (Å²) in [6.07, 6.45) is 28.2. The minimum absolute atomic E-state index is 0.159. The van der Waals surface area contributed by atoms with Gasteiger partial charge in [-0.15, -0.1) is 6.58 Å². The maximum absolute atomic E-state index is 3.93. The lowest BCUT2D eigenvalue weighted by Crippen LogP contribution is -2.29. The van der Waals surface area contributed by atoms with Crippen molar-refractivity contribution in [2.24, 2.45) is 29.6 Å². The molecular formula is C26H46Si. The molecule has 0 saturated heterocycles. The molecule has 154 valence electrons. The molecule has 0 aliphatic heterocycles. The monoisotopic (exact) mass is 386 g/mol. The van der Waals surface area contributed by atoms with E-state index in [9.17, 15) is 0 Å². The number of rotatable bonds is 8. The summed E-state index contributed by atoms with van der Waals surface area (Å²) in [5.74, 6) is 5.36. The maximum Gasteiger partial charge on any atom is 0.0272 e. The Hall–Kier alpha value is -0.303. The fourth-order valence-corrected chi connectivity index (χ4v) is 8.50. The molecule has 0 aromatic rings. The van der Waals surface area contributed by atoms with E-state index >= 15 is 0 Å². The minimum atomic E-state index is 0.159. The molecule has 0 atom stereocenters. The Morgan fingerprint density at radius 1 is 0.704 bits per heavy atom. The summed E-state index contributed by atoms with van der Waals surface area (Å²) < 4.78 is 0. The van der Waals surface area contributed by atoms with Crippen LogP contribution in [0.5, 0.6) is 0 Å². The van der Waals surface area contributed by atoms with Crippen molar-refractivity contribution in [2.45, 2.75) is 108 Å². The lowest BCUT2D eigenvalue weighted by atomic mass is 9.65. The summed E-state index contributed by atoms with van der Waals surface area (Å²) in [5.41, 5.74) is 1.15. The van der Waals surface area contributed by atoms with Crippen LogP contribution < -0.4 is 0 Å². The van der Waals surface area contributed by atoms with E-state index in [4.69, 9.17) is 0 Å². The second-order valence-corrected chi connectivity index (χ2v) is 12.5. The Morgan fingerprint density at radius 2 is 1.19 bits per heavy atom. The first kappa shape index (κ1) is 21.4. The molecule has 0 amide bonds. The van der Waals surface area contributed by atoms with Gasteiger partial charge in [0.1, 0.15) is 0 Å². The molecule has 3 fully saturated rings. The topological polar surface area (TPSA) is 0 Å². The van der Waals surface area contributed by atoms with Crippen molar-refractivity contribution in [3.63, 3.8) is 0 Å². The molecule has 3 saturated carbocycles. The highest BCUT2D eigenvalue weighted by molar-refractivity contribution is 6.38. The predicted octanol–water partition coefficient (Wildman–Crippen LogP) is 7.71. The highest BCUT2D eigenvalue weighted by atomic mass is 28.2. The van der Waals surface area contributed by atoms with Crippen LogP contribution in [0.25, 0.3) is 0 Å². The van der Waals surface area contributed by atoms with Gasteiger partial charge in [-0.3, -0.25) is 0 Å². The molecule has 0 bridgehead atoms. The molecular weight excluding hydrogens is 340 g/mol. The highest BCUT2D eigenvalue weighted by Crippen LogP contribution is 2.46. The Bertz CT molecular complexity index is 429. The van der Waals surface area contributed by atoms with Gasteiger partial charge >= 0.3 is 0 Å². The normalized spacial score (nSPS) is 38.6.